The van der Waals surface area contributed by atoms with Crippen LogP contribution in [0.25, 0.3) is 0 Å². The number of hydrogen-bond acceptors (Lipinski definition) is 2. The molecule has 3 nitrogen and oxygen atoms in total. The van der Waals surface area contributed by atoms with Crippen molar-refractivity contribution in [3.63, 3.8) is 0 Å². The lowest BCUT2D eigenvalue weighted by molar-refractivity contribution is 0.469. The van der Waals surface area contributed by atoms with Crippen LogP contribution in [0.3, 0.4) is 0 Å². The fraction of sp³-hybridized carbons (Fsp3) is 0.182. The molecule has 0 spiro atoms. The predicted molar refractivity (Wildman–Crippen MR) is 56.8 cm³/mol. The Balaban J connectivity index is 2.47. The third-order valence-electron chi connectivity index (χ3n) is 2.48. The number of benzene rings is 1. The highest BCUT2D eigenvalue weighted by molar-refractivity contribution is 5.32. The first kappa shape index (κ1) is 11.5. The molecule has 2 aromatic rings. The molecular formula is C11H10F3N3. The molecule has 17 heavy (non-hydrogen) atoms. The summed E-state index contributed by atoms with van der Waals surface area (Å²) in [5, 5.41) is 3.86. The fourth-order valence-corrected chi connectivity index (χ4v) is 1.65. The normalized spacial score (nSPS) is 12.7. The molecule has 0 bridgehead atoms. The summed E-state index contributed by atoms with van der Waals surface area (Å²) in [6.07, 6.45) is 2.82. The van der Waals surface area contributed by atoms with Gasteiger partial charge in [-0.25, -0.2) is 13.2 Å². The number of anilines is 1. The molecule has 1 heterocycles. The summed E-state index contributed by atoms with van der Waals surface area (Å²) >= 11 is 0. The first-order chi connectivity index (χ1) is 7.99. The van der Waals surface area contributed by atoms with Gasteiger partial charge in [-0.15, -0.1) is 0 Å². The molecule has 1 atom stereocenters. The van der Waals surface area contributed by atoms with E-state index in [1.165, 1.54) is 17.1 Å². The van der Waals surface area contributed by atoms with E-state index < -0.39 is 23.5 Å². The summed E-state index contributed by atoms with van der Waals surface area (Å²) in [4.78, 5) is 0. The summed E-state index contributed by atoms with van der Waals surface area (Å²) in [6.45, 7) is 1.55. The quantitative estimate of drug-likeness (QED) is 0.877. The van der Waals surface area contributed by atoms with E-state index in [4.69, 9.17) is 5.73 Å². The average Bonchev–Trinajstić information content (AvgIpc) is 2.63. The van der Waals surface area contributed by atoms with Gasteiger partial charge in [-0.2, -0.15) is 5.10 Å². The highest BCUT2D eigenvalue weighted by Crippen LogP contribution is 2.25. The van der Waals surface area contributed by atoms with Crippen molar-refractivity contribution in [3.8, 4) is 0 Å². The molecule has 0 radical (unpaired) electrons. The van der Waals surface area contributed by atoms with Crippen LogP contribution in [-0.4, -0.2) is 9.78 Å². The van der Waals surface area contributed by atoms with Crippen molar-refractivity contribution in [2.45, 2.75) is 13.0 Å². The number of nitrogens with zero attached hydrogens (tertiary/aromatic N) is 2. The van der Waals surface area contributed by atoms with Gasteiger partial charge in [-0.05, 0) is 6.92 Å². The topological polar surface area (TPSA) is 43.8 Å². The lowest BCUT2D eigenvalue weighted by Crippen LogP contribution is -2.11. The third kappa shape index (κ3) is 2.11. The van der Waals surface area contributed by atoms with Crippen molar-refractivity contribution in [2.24, 2.45) is 0 Å². The maximum atomic E-state index is 13.5. The summed E-state index contributed by atoms with van der Waals surface area (Å²) in [7, 11) is 0. The first-order valence-corrected chi connectivity index (χ1v) is 4.93. The zero-order chi connectivity index (χ0) is 12.6. The lowest BCUT2D eigenvalue weighted by Gasteiger charge is -2.14. The van der Waals surface area contributed by atoms with Crippen molar-refractivity contribution in [1.82, 2.24) is 9.78 Å². The smallest absolute Gasteiger partial charge is 0.134 e. The lowest BCUT2D eigenvalue weighted by atomic mass is 10.1. The molecule has 6 heteroatoms. The van der Waals surface area contributed by atoms with E-state index in [9.17, 15) is 13.2 Å². The van der Waals surface area contributed by atoms with Crippen LogP contribution in [0.1, 0.15) is 18.5 Å². The van der Waals surface area contributed by atoms with Crippen molar-refractivity contribution in [3.05, 3.63) is 47.5 Å². The Morgan fingerprint density at radius 3 is 2.29 bits per heavy atom. The van der Waals surface area contributed by atoms with E-state index in [1.54, 1.807) is 6.92 Å². The molecule has 2 N–H and O–H groups in total. The molecule has 0 aliphatic rings. The van der Waals surface area contributed by atoms with Gasteiger partial charge >= 0.3 is 0 Å². The zero-order valence-electron chi connectivity index (χ0n) is 8.99. The molecule has 0 aliphatic carbocycles. The van der Waals surface area contributed by atoms with Crippen LogP contribution in [0.15, 0.2) is 24.5 Å². The van der Waals surface area contributed by atoms with Crippen molar-refractivity contribution in [2.75, 3.05) is 5.73 Å². The number of nitrogens with two attached hydrogens (primary N) is 1. The van der Waals surface area contributed by atoms with E-state index in [-0.39, 0.29) is 5.56 Å². The minimum absolute atomic E-state index is 0.241. The second-order valence-electron chi connectivity index (χ2n) is 3.71. The summed E-state index contributed by atoms with van der Waals surface area (Å²) in [5.41, 5.74) is 5.61. The molecule has 1 aromatic heterocycles. The Morgan fingerprint density at radius 2 is 1.82 bits per heavy atom. The molecule has 2 rings (SSSR count). The Morgan fingerprint density at radius 1 is 1.24 bits per heavy atom. The standard InChI is InChI=1S/C11H10F3N3/c1-6(17-5-8(15)4-16-17)11-9(13)2-7(12)3-10(11)14/h2-6H,15H2,1H3. The van der Waals surface area contributed by atoms with E-state index in [2.05, 4.69) is 5.10 Å². The van der Waals surface area contributed by atoms with E-state index in [0.717, 1.165) is 0 Å². The molecule has 0 saturated heterocycles. The zero-order valence-corrected chi connectivity index (χ0v) is 8.99. The van der Waals surface area contributed by atoms with Crippen LogP contribution >= 0.6 is 0 Å². The van der Waals surface area contributed by atoms with Crippen LogP contribution < -0.4 is 5.73 Å². The van der Waals surface area contributed by atoms with E-state index >= 15 is 0 Å². The molecule has 0 saturated carbocycles. The molecular weight excluding hydrogens is 231 g/mol. The highest BCUT2D eigenvalue weighted by Gasteiger charge is 2.19. The van der Waals surface area contributed by atoms with Crippen LogP contribution in [0.5, 0.6) is 0 Å². The van der Waals surface area contributed by atoms with E-state index in [0.29, 0.717) is 17.8 Å². The Hall–Kier alpha value is -1.98. The monoisotopic (exact) mass is 241 g/mol. The van der Waals surface area contributed by atoms with Gasteiger partial charge in [0.2, 0.25) is 0 Å². The summed E-state index contributed by atoms with van der Waals surface area (Å²) in [5.74, 6) is -2.83. The third-order valence-corrected chi connectivity index (χ3v) is 2.48. The Kier molecular flexibility index (Phi) is 2.79. The molecule has 1 aromatic carbocycles. The molecule has 90 valence electrons. The maximum Gasteiger partial charge on any atom is 0.134 e. The second kappa shape index (κ2) is 4.12. The summed E-state index contributed by atoms with van der Waals surface area (Å²) in [6, 6.07) is 0.580. The largest absolute Gasteiger partial charge is 0.396 e. The van der Waals surface area contributed by atoms with Gasteiger partial charge in [0.05, 0.1) is 17.9 Å². The van der Waals surface area contributed by atoms with Gasteiger partial charge in [0.25, 0.3) is 0 Å². The maximum absolute atomic E-state index is 13.5. The van der Waals surface area contributed by atoms with Crippen molar-refractivity contribution in [1.29, 1.82) is 0 Å². The second-order valence-corrected chi connectivity index (χ2v) is 3.71. The van der Waals surface area contributed by atoms with Gasteiger partial charge in [0.15, 0.2) is 0 Å². The first-order valence-electron chi connectivity index (χ1n) is 4.93. The minimum Gasteiger partial charge on any atom is -0.396 e. The number of aromatic nitrogens is 2. The van der Waals surface area contributed by atoms with Crippen LogP contribution in [0, 0.1) is 17.5 Å². The summed E-state index contributed by atoms with van der Waals surface area (Å²) < 4.78 is 41.1. The van der Waals surface area contributed by atoms with Gasteiger partial charge < -0.3 is 5.73 Å². The van der Waals surface area contributed by atoms with Crippen LogP contribution in [0.2, 0.25) is 0 Å². The van der Waals surface area contributed by atoms with Gasteiger partial charge in [-0.3, -0.25) is 4.68 Å². The number of rotatable bonds is 2. The molecule has 1 unspecified atom stereocenters. The number of halogens is 3. The molecule has 0 amide bonds. The number of hydrogen-bond donors (Lipinski definition) is 1. The minimum atomic E-state index is -0.948. The molecule has 0 aliphatic heterocycles. The van der Waals surface area contributed by atoms with Crippen molar-refractivity contribution < 1.29 is 13.2 Å². The predicted octanol–water partition coefficient (Wildman–Crippen LogP) is 2.49. The van der Waals surface area contributed by atoms with Crippen LogP contribution in [-0.2, 0) is 0 Å². The number of nitrogen functional groups attached to an aromatic ring is 1. The SMILES string of the molecule is CC(c1c(F)cc(F)cc1F)n1cc(N)cn1. The molecule has 0 fully saturated rings. The van der Waals surface area contributed by atoms with Gasteiger partial charge in [-0.1, -0.05) is 0 Å². The van der Waals surface area contributed by atoms with Crippen LogP contribution in [0.4, 0.5) is 18.9 Å². The highest BCUT2D eigenvalue weighted by atomic mass is 19.1. The van der Waals surface area contributed by atoms with Crippen molar-refractivity contribution >= 4 is 5.69 Å². The Bertz CT molecular complexity index is 528. The Labute approximate surface area is 95.7 Å². The van der Waals surface area contributed by atoms with E-state index in [1.807, 2.05) is 0 Å². The van der Waals surface area contributed by atoms with Gasteiger partial charge in [0.1, 0.15) is 17.5 Å². The fourth-order valence-electron chi connectivity index (χ4n) is 1.65. The van der Waals surface area contributed by atoms with Gasteiger partial charge in [0, 0.05) is 23.9 Å². The average molecular weight is 241 g/mol.